The second kappa shape index (κ2) is 5.37. The molecule has 101 valence electrons. The highest BCUT2D eigenvalue weighted by Gasteiger charge is 2.35. The van der Waals surface area contributed by atoms with Gasteiger partial charge >= 0.3 is 6.09 Å². The van der Waals surface area contributed by atoms with Crippen LogP contribution in [0.1, 0.15) is 44.4 Å². The van der Waals surface area contributed by atoms with E-state index in [1.54, 1.807) is 0 Å². The monoisotopic (exact) mass is 274 g/mol. The van der Waals surface area contributed by atoms with Gasteiger partial charge in [0.15, 0.2) is 0 Å². The van der Waals surface area contributed by atoms with E-state index in [-0.39, 0.29) is 12.1 Å². The van der Waals surface area contributed by atoms with Crippen LogP contribution in [0.25, 0.3) is 0 Å². The van der Waals surface area contributed by atoms with Crippen LogP contribution in [0.4, 0.5) is 4.79 Å². The molecule has 1 unspecified atom stereocenters. The number of ether oxygens (including phenoxy) is 1. The summed E-state index contributed by atoms with van der Waals surface area (Å²) in [6, 6.07) is 9.20. The molecule has 1 heterocycles. The van der Waals surface area contributed by atoms with Crippen LogP contribution in [0, 0.1) is 0 Å². The van der Waals surface area contributed by atoms with Gasteiger partial charge in [0.1, 0.15) is 5.60 Å². The predicted molar refractivity (Wildman–Crippen MR) is 76.1 cm³/mol. The van der Waals surface area contributed by atoms with Crippen LogP contribution in [-0.2, 0) is 11.3 Å². The summed E-state index contributed by atoms with van der Waals surface area (Å²) in [7, 11) is 3.52. The number of nitrogens with zero attached hydrogens (tertiary/aromatic N) is 1. The summed E-state index contributed by atoms with van der Waals surface area (Å²) in [6.07, 6.45) is 0.668. The van der Waals surface area contributed by atoms with Gasteiger partial charge in [0.2, 0.25) is 0 Å². The molecular formula is C15H20NO2Si. The summed E-state index contributed by atoms with van der Waals surface area (Å²) in [5.41, 5.74) is 2.01. The first-order chi connectivity index (χ1) is 8.92. The molecule has 1 aromatic rings. The van der Waals surface area contributed by atoms with Crippen LogP contribution in [0.3, 0.4) is 0 Å². The minimum atomic E-state index is -0.454. The molecule has 2 rings (SSSR count). The zero-order valence-electron chi connectivity index (χ0n) is 11.8. The lowest BCUT2D eigenvalue weighted by Crippen LogP contribution is -2.35. The molecule has 0 bridgehead atoms. The highest BCUT2D eigenvalue weighted by Crippen LogP contribution is 2.37. The Hall–Kier alpha value is -1.29. The summed E-state index contributed by atoms with van der Waals surface area (Å²) in [5, 5.41) is 0. The quantitative estimate of drug-likeness (QED) is 0.773. The molecule has 4 heteroatoms. The van der Waals surface area contributed by atoms with E-state index in [2.05, 4.69) is 22.4 Å². The minimum absolute atomic E-state index is 0.114. The third-order valence-electron chi connectivity index (χ3n) is 3.18. The maximum atomic E-state index is 12.3. The van der Waals surface area contributed by atoms with E-state index in [0.29, 0.717) is 6.54 Å². The van der Waals surface area contributed by atoms with Crippen LogP contribution in [0.15, 0.2) is 24.3 Å². The average Bonchev–Trinajstić information content (AvgIpc) is 2.67. The van der Waals surface area contributed by atoms with Gasteiger partial charge in [0, 0.05) is 16.8 Å². The van der Waals surface area contributed by atoms with Crippen LogP contribution in [-0.4, -0.2) is 26.8 Å². The van der Waals surface area contributed by atoms with Crippen molar-refractivity contribution in [2.45, 2.75) is 51.4 Å². The van der Waals surface area contributed by atoms with Crippen LogP contribution < -0.4 is 0 Å². The van der Waals surface area contributed by atoms with Gasteiger partial charge in [-0.05, 0) is 38.3 Å². The highest BCUT2D eigenvalue weighted by atomic mass is 28.1. The van der Waals surface area contributed by atoms with E-state index in [0.717, 1.165) is 12.5 Å². The van der Waals surface area contributed by atoms with Gasteiger partial charge in [-0.1, -0.05) is 30.3 Å². The SMILES string of the molecule is CC(C)(C)OC(=O)N1Cc2ccccc2C1CC[Si]. The Morgan fingerprint density at radius 3 is 2.74 bits per heavy atom. The largest absolute Gasteiger partial charge is 0.444 e. The molecule has 0 aliphatic carbocycles. The van der Waals surface area contributed by atoms with Gasteiger partial charge in [-0.25, -0.2) is 4.79 Å². The summed E-state index contributed by atoms with van der Waals surface area (Å²) in [5.74, 6) is 0. The summed E-state index contributed by atoms with van der Waals surface area (Å²) < 4.78 is 5.50. The molecule has 1 atom stereocenters. The first-order valence-electron chi connectivity index (χ1n) is 6.64. The van der Waals surface area contributed by atoms with E-state index < -0.39 is 5.60 Å². The van der Waals surface area contributed by atoms with Crippen molar-refractivity contribution in [3.05, 3.63) is 35.4 Å². The minimum Gasteiger partial charge on any atom is -0.444 e. The van der Waals surface area contributed by atoms with Gasteiger partial charge in [-0.2, -0.15) is 0 Å². The second-order valence-electron chi connectivity index (χ2n) is 5.86. The molecule has 1 aromatic carbocycles. The number of rotatable bonds is 2. The average molecular weight is 274 g/mol. The topological polar surface area (TPSA) is 29.5 Å². The second-order valence-corrected chi connectivity index (χ2v) is 6.36. The van der Waals surface area contributed by atoms with Crippen LogP contribution in [0.2, 0.25) is 6.04 Å². The van der Waals surface area contributed by atoms with Gasteiger partial charge in [-0.3, -0.25) is 4.90 Å². The van der Waals surface area contributed by atoms with E-state index in [1.807, 2.05) is 37.8 Å². The Balaban J connectivity index is 2.21. The van der Waals surface area contributed by atoms with Crippen molar-refractivity contribution in [1.29, 1.82) is 0 Å². The molecule has 0 fully saturated rings. The first kappa shape index (κ1) is 14.1. The summed E-state index contributed by atoms with van der Waals surface area (Å²) in [4.78, 5) is 14.1. The molecule has 3 radical (unpaired) electrons. The maximum absolute atomic E-state index is 12.3. The van der Waals surface area contributed by atoms with Gasteiger partial charge in [0.25, 0.3) is 0 Å². The highest BCUT2D eigenvalue weighted by molar-refractivity contribution is 6.08. The number of amides is 1. The smallest absolute Gasteiger partial charge is 0.411 e. The molecule has 1 aliphatic rings. The summed E-state index contributed by atoms with van der Waals surface area (Å²) >= 11 is 0. The van der Waals surface area contributed by atoms with E-state index in [9.17, 15) is 4.79 Å². The molecule has 1 amide bonds. The third kappa shape index (κ3) is 3.18. The molecule has 0 saturated carbocycles. The lowest BCUT2D eigenvalue weighted by atomic mass is 10.0. The lowest BCUT2D eigenvalue weighted by molar-refractivity contribution is 0.0168. The first-order valence-corrected chi connectivity index (χ1v) is 7.35. The Bertz CT molecular complexity index is 467. The van der Waals surface area contributed by atoms with E-state index in [4.69, 9.17) is 4.74 Å². The standard InChI is InChI=1S/C15H20NO2Si/c1-15(2,3)18-14(17)16-10-11-6-4-5-7-12(11)13(16)8-9-19/h4-7,13H,8-10H2,1-3H3. The molecular weight excluding hydrogens is 254 g/mol. The number of carbonyl (C=O) groups is 1. The fourth-order valence-corrected chi connectivity index (χ4v) is 2.70. The van der Waals surface area contributed by atoms with Crippen LogP contribution in [0.5, 0.6) is 0 Å². The van der Waals surface area contributed by atoms with E-state index >= 15 is 0 Å². The Kier molecular flexibility index (Phi) is 3.99. The number of hydrogen-bond acceptors (Lipinski definition) is 2. The van der Waals surface area contributed by atoms with Crippen molar-refractivity contribution in [1.82, 2.24) is 4.90 Å². The van der Waals surface area contributed by atoms with Gasteiger partial charge in [-0.15, -0.1) is 0 Å². The van der Waals surface area contributed by atoms with Crippen molar-refractivity contribution in [3.8, 4) is 0 Å². The van der Waals surface area contributed by atoms with Crippen molar-refractivity contribution in [2.75, 3.05) is 0 Å². The Morgan fingerprint density at radius 1 is 1.42 bits per heavy atom. The Labute approximate surface area is 118 Å². The number of fused-ring (bicyclic) bond motifs is 1. The maximum Gasteiger partial charge on any atom is 0.411 e. The Morgan fingerprint density at radius 2 is 2.11 bits per heavy atom. The molecule has 3 nitrogen and oxygen atoms in total. The van der Waals surface area contributed by atoms with E-state index in [1.165, 1.54) is 11.1 Å². The van der Waals surface area contributed by atoms with Crippen molar-refractivity contribution < 1.29 is 9.53 Å². The van der Waals surface area contributed by atoms with Crippen molar-refractivity contribution in [3.63, 3.8) is 0 Å². The normalized spacial score (nSPS) is 18.3. The number of hydrogen-bond donors (Lipinski definition) is 0. The predicted octanol–water partition coefficient (Wildman–Crippen LogP) is 3.46. The summed E-state index contributed by atoms with van der Waals surface area (Å²) in [6.45, 7) is 6.33. The van der Waals surface area contributed by atoms with Gasteiger partial charge < -0.3 is 4.74 Å². The molecule has 19 heavy (non-hydrogen) atoms. The molecule has 0 aromatic heterocycles. The zero-order valence-corrected chi connectivity index (χ0v) is 12.8. The van der Waals surface area contributed by atoms with Gasteiger partial charge in [0.05, 0.1) is 6.04 Å². The van der Waals surface area contributed by atoms with Crippen molar-refractivity contribution >= 4 is 16.3 Å². The lowest BCUT2D eigenvalue weighted by Gasteiger charge is -2.28. The fraction of sp³-hybridized carbons (Fsp3) is 0.533. The molecule has 0 saturated heterocycles. The zero-order chi connectivity index (χ0) is 14.0. The third-order valence-corrected chi connectivity index (χ3v) is 3.47. The molecule has 1 aliphatic heterocycles. The number of benzene rings is 1. The molecule has 0 N–H and O–H groups in total. The fourth-order valence-electron chi connectivity index (χ4n) is 2.43. The number of carbonyl (C=O) groups excluding carboxylic acids is 1. The van der Waals surface area contributed by atoms with Crippen LogP contribution >= 0.6 is 0 Å². The molecule has 0 spiro atoms. The van der Waals surface area contributed by atoms with Crippen molar-refractivity contribution in [2.24, 2.45) is 0 Å².